The summed E-state index contributed by atoms with van der Waals surface area (Å²) in [5.74, 6) is 0. The highest BCUT2D eigenvalue weighted by atomic mass is 19.4. The molecule has 0 aliphatic heterocycles. The Kier molecular flexibility index (Phi) is 11.1. The summed E-state index contributed by atoms with van der Waals surface area (Å²) in [6.07, 6.45) is -13.9. The fourth-order valence-electron chi connectivity index (χ4n) is 10.3. The SMILES string of the molecule is Cc1ccc(-c2ccc3c(c2)c2ccccc2n3-c2cc(-c3ccc(C(F)(F)F)cc3C#N)ccc2-c2ccc(C#N)cc2-n2c3ccccc3c3cc(-c4ccc(C(F)(F)F)cc4C)ccc32)c(C(F)(F)F)c1. The van der Waals surface area contributed by atoms with E-state index in [1.165, 1.54) is 18.2 Å². The molecule has 9 aromatic carbocycles. The lowest BCUT2D eigenvalue weighted by atomic mass is 9.93. The van der Waals surface area contributed by atoms with E-state index in [1.54, 1.807) is 74.5 Å². The van der Waals surface area contributed by atoms with Gasteiger partial charge in [0, 0.05) is 32.7 Å². The molecular formula is C61H35F9N4. The molecule has 0 saturated carbocycles. The molecule has 0 radical (unpaired) electrons. The zero-order chi connectivity index (χ0) is 52.0. The van der Waals surface area contributed by atoms with E-state index < -0.39 is 35.2 Å². The van der Waals surface area contributed by atoms with Crippen molar-refractivity contribution in [2.75, 3.05) is 0 Å². The molecule has 0 unspecified atom stereocenters. The summed E-state index contributed by atoms with van der Waals surface area (Å²) < 4.78 is 131. The molecule has 4 nitrogen and oxygen atoms in total. The van der Waals surface area contributed by atoms with E-state index in [2.05, 4.69) is 6.07 Å². The zero-order valence-corrected chi connectivity index (χ0v) is 38.9. The monoisotopic (exact) mass is 994 g/mol. The van der Waals surface area contributed by atoms with Crippen LogP contribution in [-0.4, -0.2) is 9.13 Å². The smallest absolute Gasteiger partial charge is 0.309 e. The quantitative estimate of drug-likeness (QED) is 0.156. The predicted octanol–water partition coefficient (Wildman–Crippen LogP) is 18.0. The summed E-state index contributed by atoms with van der Waals surface area (Å²) in [7, 11) is 0. The number of para-hydroxylation sites is 2. The number of fused-ring (bicyclic) bond motifs is 6. The van der Waals surface area contributed by atoms with E-state index in [0.29, 0.717) is 88.8 Å². The summed E-state index contributed by atoms with van der Waals surface area (Å²) in [4.78, 5) is 0. The molecule has 0 N–H and O–H groups in total. The summed E-state index contributed by atoms with van der Waals surface area (Å²) in [6, 6.07) is 51.1. The van der Waals surface area contributed by atoms with Crippen LogP contribution < -0.4 is 0 Å². The van der Waals surface area contributed by atoms with Gasteiger partial charge in [0.25, 0.3) is 0 Å². The Balaban J connectivity index is 1.19. The van der Waals surface area contributed by atoms with Crippen molar-refractivity contribution in [3.63, 3.8) is 0 Å². The van der Waals surface area contributed by atoms with Crippen molar-refractivity contribution in [2.24, 2.45) is 0 Å². The molecular weight excluding hydrogens is 960 g/mol. The van der Waals surface area contributed by atoms with Crippen LogP contribution >= 0.6 is 0 Å². The number of benzene rings is 9. The fraction of sp³-hybridized carbons (Fsp3) is 0.0820. The molecule has 0 aliphatic carbocycles. The van der Waals surface area contributed by atoms with Crippen molar-refractivity contribution in [3.05, 3.63) is 215 Å². The topological polar surface area (TPSA) is 57.4 Å². The first kappa shape index (κ1) is 47.3. The van der Waals surface area contributed by atoms with Crippen LogP contribution in [0.2, 0.25) is 0 Å². The molecule has 362 valence electrons. The van der Waals surface area contributed by atoms with Gasteiger partial charge in [-0.1, -0.05) is 96.6 Å². The second kappa shape index (κ2) is 17.3. The third-order valence-corrected chi connectivity index (χ3v) is 13.7. The van der Waals surface area contributed by atoms with Crippen molar-refractivity contribution >= 4 is 43.6 Å². The van der Waals surface area contributed by atoms with Crippen LogP contribution in [0.1, 0.15) is 38.9 Å². The first-order valence-corrected chi connectivity index (χ1v) is 23.1. The number of hydrogen-bond donors (Lipinski definition) is 0. The average Bonchev–Trinajstić information content (AvgIpc) is 3.90. The van der Waals surface area contributed by atoms with Crippen LogP contribution in [0.3, 0.4) is 0 Å². The first-order chi connectivity index (χ1) is 35.3. The van der Waals surface area contributed by atoms with E-state index in [1.807, 2.05) is 81.9 Å². The largest absolute Gasteiger partial charge is 0.417 e. The molecule has 2 aromatic heterocycles. The van der Waals surface area contributed by atoms with Gasteiger partial charge in [-0.15, -0.1) is 0 Å². The molecule has 0 bridgehead atoms. The Bertz CT molecular complexity index is 4210. The molecule has 0 atom stereocenters. The van der Waals surface area contributed by atoms with Crippen LogP contribution in [0.5, 0.6) is 0 Å². The number of nitriles is 2. The second-order valence-corrected chi connectivity index (χ2v) is 18.2. The average molecular weight is 995 g/mol. The molecule has 0 amide bonds. The molecule has 0 saturated heterocycles. The number of alkyl halides is 9. The number of rotatable bonds is 6. The first-order valence-electron chi connectivity index (χ1n) is 23.1. The summed E-state index contributed by atoms with van der Waals surface area (Å²) >= 11 is 0. The molecule has 11 rings (SSSR count). The van der Waals surface area contributed by atoms with Gasteiger partial charge in [0.2, 0.25) is 0 Å². The molecule has 0 fully saturated rings. The Morgan fingerprint density at radius 2 is 0.851 bits per heavy atom. The third kappa shape index (κ3) is 7.98. The Morgan fingerprint density at radius 1 is 0.378 bits per heavy atom. The van der Waals surface area contributed by atoms with Crippen LogP contribution in [0.4, 0.5) is 39.5 Å². The Hall–Kier alpha value is -9.07. The maximum Gasteiger partial charge on any atom is 0.417 e. The highest BCUT2D eigenvalue weighted by Gasteiger charge is 2.35. The maximum atomic E-state index is 14.6. The molecule has 0 aliphatic rings. The number of halogens is 9. The highest BCUT2D eigenvalue weighted by Crippen LogP contribution is 2.46. The predicted molar refractivity (Wildman–Crippen MR) is 271 cm³/mol. The van der Waals surface area contributed by atoms with E-state index in [9.17, 15) is 50.0 Å². The highest BCUT2D eigenvalue weighted by molar-refractivity contribution is 6.13. The number of hydrogen-bond acceptors (Lipinski definition) is 2. The van der Waals surface area contributed by atoms with Crippen LogP contribution in [0, 0.1) is 36.5 Å². The molecule has 13 heteroatoms. The number of aromatic nitrogens is 2. The number of aryl methyl sites for hydroxylation is 2. The van der Waals surface area contributed by atoms with Crippen molar-refractivity contribution in [2.45, 2.75) is 32.4 Å². The van der Waals surface area contributed by atoms with Gasteiger partial charge in [-0.2, -0.15) is 50.0 Å². The summed E-state index contributed by atoms with van der Waals surface area (Å²) in [5, 5.41) is 23.6. The van der Waals surface area contributed by atoms with Crippen molar-refractivity contribution in [1.82, 2.24) is 9.13 Å². The molecule has 11 aromatic rings. The van der Waals surface area contributed by atoms with Crippen molar-refractivity contribution < 1.29 is 39.5 Å². The van der Waals surface area contributed by atoms with Crippen LogP contribution in [0.15, 0.2) is 176 Å². The lowest BCUT2D eigenvalue weighted by molar-refractivity contribution is -0.138. The standard InChI is InChI=1S/C61H35F9N4/c1-34-11-18-45(52(25-34)61(68,69)70)38-15-24-56-51(30-38)47-8-4-6-10-54(47)74(56)58-31-39(44-22-17-42(60(65,66)67)28-40(44)33-72)13-20-49(58)48-19-12-36(32-71)27-57(48)73-53-9-5-3-7-46(53)50-29-37(14-23-55(50)73)43-21-16-41(26-35(43)2)59(62,63)64/h3-31H,1-2H3. The minimum absolute atomic E-state index is 0.00845. The van der Waals surface area contributed by atoms with Crippen molar-refractivity contribution in [3.8, 4) is 68.0 Å². The second-order valence-electron chi connectivity index (χ2n) is 18.2. The normalized spacial score (nSPS) is 12.2. The van der Waals surface area contributed by atoms with Gasteiger partial charge in [-0.25, -0.2) is 0 Å². The Labute approximate surface area is 416 Å². The third-order valence-electron chi connectivity index (χ3n) is 13.7. The van der Waals surface area contributed by atoms with Crippen LogP contribution in [-0.2, 0) is 18.5 Å². The van der Waals surface area contributed by atoms with Gasteiger partial charge in [-0.3, -0.25) is 0 Å². The lowest BCUT2D eigenvalue weighted by Crippen LogP contribution is -2.07. The molecule has 74 heavy (non-hydrogen) atoms. The fourth-order valence-corrected chi connectivity index (χ4v) is 10.3. The van der Waals surface area contributed by atoms with Crippen molar-refractivity contribution in [1.29, 1.82) is 10.5 Å². The summed E-state index contributed by atoms with van der Waals surface area (Å²) in [5.41, 5.74) is 5.53. The van der Waals surface area contributed by atoms with Gasteiger partial charge in [0.15, 0.2) is 0 Å². The maximum absolute atomic E-state index is 14.6. The van der Waals surface area contributed by atoms with E-state index >= 15 is 0 Å². The van der Waals surface area contributed by atoms with Gasteiger partial charge < -0.3 is 9.13 Å². The van der Waals surface area contributed by atoms with Gasteiger partial charge in [0.05, 0.1) is 73.4 Å². The van der Waals surface area contributed by atoms with E-state index in [4.69, 9.17) is 0 Å². The van der Waals surface area contributed by atoms with E-state index in [-0.39, 0.29) is 16.7 Å². The summed E-state index contributed by atoms with van der Waals surface area (Å²) in [6.45, 7) is 3.22. The van der Waals surface area contributed by atoms with Crippen LogP contribution in [0.25, 0.3) is 99.5 Å². The molecule has 0 spiro atoms. The molecule has 2 heterocycles. The Morgan fingerprint density at radius 3 is 1.41 bits per heavy atom. The lowest BCUT2D eigenvalue weighted by Gasteiger charge is -2.20. The van der Waals surface area contributed by atoms with Gasteiger partial charge in [-0.05, 0) is 138 Å². The van der Waals surface area contributed by atoms with Gasteiger partial charge in [0.1, 0.15) is 0 Å². The van der Waals surface area contributed by atoms with Gasteiger partial charge >= 0.3 is 18.5 Å². The minimum Gasteiger partial charge on any atom is -0.309 e. The minimum atomic E-state index is -4.72. The zero-order valence-electron chi connectivity index (χ0n) is 38.9. The van der Waals surface area contributed by atoms with E-state index in [0.717, 1.165) is 46.6 Å². The number of nitrogens with zero attached hydrogens (tertiary/aromatic N) is 4.